The molecule has 0 spiro atoms. The van der Waals surface area contributed by atoms with E-state index in [9.17, 15) is 27.9 Å². The molecular formula is C39H42F3N3O4S. The first-order valence-electron chi connectivity index (χ1n) is 16.5. The van der Waals surface area contributed by atoms with Crippen LogP contribution in [0.3, 0.4) is 0 Å². The SMILES string of the molecule is Cc1ccc(Sc2ccc(CN(C)C[C@H]3Oc4c(NC(=O)Cc5ccc(C(F)(F)F)cc5)cccc4C(=O)N([C@@H](C)CO)C[C@H]3C)cc2)cc1. The van der Waals surface area contributed by atoms with Crippen LogP contribution in [0.4, 0.5) is 18.9 Å². The predicted octanol–water partition coefficient (Wildman–Crippen LogP) is 7.70. The van der Waals surface area contributed by atoms with Gasteiger partial charge in [-0.05, 0) is 80.6 Å². The number of nitrogens with zero attached hydrogens (tertiary/aromatic N) is 2. The van der Waals surface area contributed by atoms with Crippen molar-refractivity contribution in [3.05, 3.63) is 119 Å². The van der Waals surface area contributed by atoms with Crippen molar-refractivity contribution in [2.75, 3.05) is 32.1 Å². The molecule has 5 rings (SSSR count). The summed E-state index contributed by atoms with van der Waals surface area (Å²) in [6.45, 7) is 7.13. The molecule has 7 nitrogen and oxygen atoms in total. The zero-order valence-corrected chi connectivity index (χ0v) is 29.4. The smallest absolute Gasteiger partial charge is 0.416 e. The summed E-state index contributed by atoms with van der Waals surface area (Å²) in [6.07, 6.45) is -5.04. The molecule has 1 aliphatic rings. The number of alkyl halides is 3. The van der Waals surface area contributed by atoms with Crippen LogP contribution in [0, 0.1) is 12.8 Å². The topological polar surface area (TPSA) is 82.1 Å². The van der Waals surface area contributed by atoms with E-state index in [1.165, 1.54) is 22.6 Å². The van der Waals surface area contributed by atoms with Gasteiger partial charge in [-0.25, -0.2) is 0 Å². The number of carbonyl (C=O) groups is 2. The Kier molecular flexibility index (Phi) is 11.9. The second-order valence-electron chi connectivity index (χ2n) is 13.0. The predicted molar refractivity (Wildman–Crippen MR) is 189 cm³/mol. The van der Waals surface area contributed by atoms with E-state index in [0.29, 0.717) is 25.2 Å². The molecule has 0 radical (unpaired) electrons. The summed E-state index contributed by atoms with van der Waals surface area (Å²) in [5, 5.41) is 12.8. The molecule has 11 heteroatoms. The fraction of sp³-hybridized carbons (Fsp3) is 0.333. The summed E-state index contributed by atoms with van der Waals surface area (Å²) in [7, 11) is 2.00. The van der Waals surface area contributed by atoms with E-state index < -0.39 is 29.8 Å². The molecule has 0 aromatic heterocycles. The van der Waals surface area contributed by atoms with Crippen LogP contribution in [0.2, 0.25) is 0 Å². The number of aliphatic hydroxyl groups is 1. The molecule has 4 aromatic carbocycles. The van der Waals surface area contributed by atoms with Crippen molar-refractivity contribution in [2.45, 2.75) is 61.8 Å². The van der Waals surface area contributed by atoms with E-state index in [4.69, 9.17) is 4.74 Å². The molecule has 50 heavy (non-hydrogen) atoms. The monoisotopic (exact) mass is 705 g/mol. The van der Waals surface area contributed by atoms with E-state index >= 15 is 0 Å². The Bertz CT molecular complexity index is 1770. The maximum Gasteiger partial charge on any atom is 0.416 e. The number of hydrogen-bond acceptors (Lipinski definition) is 6. The fourth-order valence-corrected chi connectivity index (χ4v) is 6.66. The number of aryl methyl sites for hydroxylation is 1. The van der Waals surface area contributed by atoms with Gasteiger partial charge in [0.05, 0.1) is 35.9 Å². The van der Waals surface area contributed by atoms with Crippen molar-refractivity contribution in [1.82, 2.24) is 9.80 Å². The normalized spacial score (nSPS) is 17.1. The Hall–Kier alpha value is -4.32. The second kappa shape index (κ2) is 16.1. The molecule has 0 saturated carbocycles. The standard InChI is InChI=1S/C39H42F3N3O4S/c1-25-8-16-31(17-9-25)50-32-18-12-29(13-19-32)22-44(4)23-35-26(2)21-45(27(3)24-46)38(48)33-6-5-7-34(37(33)49-35)43-36(47)20-28-10-14-30(15-11-28)39(40,41)42/h5-19,26-27,35,46H,20-24H2,1-4H3,(H,43,47)/t26-,27+,35-/m1/s1. The van der Waals surface area contributed by atoms with Crippen LogP contribution < -0.4 is 10.1 Å². The first-order valence-corrected chi connectivity index (χ1v) is 17.3. The molecule has 0 bridgehead atoms. The molecule has 264 valence electrons. The lowest BCUT2D eigenvalue weighted by molar-refractivity contribution is -0.137. The molecular weight excluding hydrogens is 664 g/mol. The Labute approximate surface area is 295 Å². The first-order chi connectivity index (χ1) is 23.8. The number of halogens is 3. The van der Waals surface area contributed by atoms with Gasteiger partial charge in [-0.15, -0.1) is 0 Å². The highest BCUT2D eigenvalue weighted by Crippen LogP contribution is 2.36. The molecule has 2 N–H and O–H groups in total. The summed E-state index contributed by atoms with van der Waals surface area (Å²) >= 11 is 1.71. The number of ether oxygens (including phenoxy) is 1. The maximum atomic E-state index is 13.8. The van der Waals surface area contributed by atoms with Gasteiger partial charge in [-0.2, -0.15) is 13.2 Å². The number of para-hydroxylation sites is 1. The van der Waals surface area contributed by atoms with Gasteiger partial charge in [0.15, 0.2) is 5.75 Å². The highest BCUT2D eigenvalue weighted by molar-refractivity contribution is 7.99. The number of fused-ring (bicyclic) bond motifs is 1. The molecule has 0 fully saturated rings. The number of carbonyl (C=O) groups excluding carboxylic acids is 2. The quantitative estimate of drug-likeness (QED) is 0.167. The Morgan fingerprint density at radius 3 is 2.24 bits per heavy atom. The fourth-order valence-electron chi connectivity index (χ4n) is 5.84. The number of likely N-dealkylation sites (N-methyl/N-ethyl adjacent to an activating group) is 1. The molecule has 0 aliphatic carbocycles. The number of nitrogens with one attached hydrogen (secondary N) is 1. The zero-order valence-electron chi connectivity index (χ0n) is 28.5. The molecule has 1 heterocycles. The number of hydrogen-bond donors (Lipinski definition) is 2. The van der Waals surface area contributed by atoms with Gasteiger partial charge in [0.25, 0.3) is 5.91 Å². The van der Waals surface area contributed by atoms with Crippen molar-refractivity contribution in [3.63, 3.8) is 0 Å². The summed E-state index contributed by atoms with van der Waals surface area (Å²) in [4.78, 5) is 33.1. The van der Waals surface area contributed by atoms with E-state index in [1.807, 2.05) is 14.0 Å². The second-order valence-corrected chi connectivity index (χ2v) is 14.1. The van der Waals surface area contributed by atoms with Crippen LogP contribution in [0.1, 0.15) is 46.5 Å². The highest BCUT2D eigenvalue weighted by atomic mass is 32.2. The summed E-state index contributed by atoms with van der Waals surface area (Å²) in [5.41, 5.74) is 2.50. The number of aliphatic hydroxyl groups excluding tert-OH is 1. The molecule has 2 amide bonds. The van der Waals surface area contributed by atoms with Crippen LogP contribution in [-0.4, -0.2) is 65.6 Å². The largest absolute Gasteiger partial charge is 0.486 e. The lowest BCUT2D eigenvalue weighted by atomic mass is 9.98. The lowest BCUT2D eigenvalue weighted by Gasteiger charge is -2.38. The lowest BCUT2D eigenvalue weighted by Crippen LogP contribution is -2.49. The van der Waals surface area contributed by atoms with E-state index in [1.54, 1.807) is 41.8 Å². The minimum atomic E-state index is -4.47. The summed E-state index contributed by atoms with van der Waals surface area (Å²) in [5.74, 6) is -0.728. The number of rotatable bonds is 11. The number of benzene rings is 4. The Morgan fingerprint density at radius 2 is 1.62 bits per heavy atom. The zero-order chi connectivity index (χ0) is 36.0. The third kappa shape index (κ3) is 9.47. The Morgan fingerprint density at radius 1 is 1.00 bits per heavy atom. The van der Waals surface area contributed by atoms with E-state index in [0.717, 1.165) is 22.6 Å². The summed E-state index contributed by atoms with van der Waals surface area (Å²) in [6, 6.07) is 25.8. The van der Waals surface area contributed by atoms with Gasteiger partial charge >= 0.3 is 6.18 Å². The average molecular weight is 706 g/mol. The van der Waals surface area contributed by atoms with Crippen LogP contribution in [-0.2, 0) is 23.9 Å². The highest BCUT2D eigenvalue weighted by Gasteiger charge is 2.35. The average Bonchev–Trinajstić information content (AvgIpc) is 3.08. The molecule has 1 aliphatic heterocycles. The minimum Gasteiger partial charge on any atom is -0.486 e. The van der Waals surface area contributed by atoms with Crippen LogP contribution in [0.25, 0.3) is 0 Å². The van der Waals surface area contributed by atoms with Crippen molar-refractivity contribution in [3.8, 4) is 5.75 Å². The molecule has 0 unspecified atom stereocenters. The van der Waals surface area contributed by atoms with Crippen LogP contribution in [0.5, 0.6) is 5.75 Å². The number of amides is 2. The molecule has 3 atom stereocenters. The van der Waals surface area contributed by atoms with Gasteiger partial charge < -0.3 is 20.1 Å². The van der Waals surface area contributed by atoms with Crippen molar-refractivity contribution in [1.29, 1.82) is 0 Å². The number of anilines is 1. The van der Waals surface area contributed by atoms with Crippen LogP contribution in [0.15, 0.2) is 101 Å². The van der Waals surface area contributed by atoms with E-state index in [-0.39, 0.29) is 41.9 Å². The third-order valence-electron chi connectivity index (χ3n) is 8.74. The van der Waals surface area contributed by atoms with Gasteiger partial charge in [0, 0.05) is 35.3 Å². The third-order valence-corrected chi connectivity index (χ3v) is 9.75. The van der Waals surface area contributed by atoms with Crippen LogP contribution >= 0.6 is 11.8 Å². The maximum absolute atomic E-state index is 13.8. The first kappa shape index (κ1) is 36.9. The van der Waals surface area contributed by atoms with Crippen molar-refractivity contribution in [2.24, 2.45) is 5.92 Å². The van der Waals surface area contributed by atoms with Gasteiger partial charge in [0.1, 0.15) is 6.10 Å². The van der Waals surface area contributed by atoms with Gasteiger partial charge in [-0.3, -0.25) is 14.5 Å². The van der Waals surface area contributed by atoms with Gasteiger partial charge in [0.2, 0.25) is 5.91 Å². The molecule has 4 aromatic rings. The van der Waals surface area contributed by atoms with Gasteiger partial charge in [-0.1, -0.05) is 66.7 Å². The summed E-state index contributed by atoms with van der Waals surface area (Å²) < 4.78 is 45.7. The molecule has 0 saturated heterocycles. The van der Waals surface area contributed by atoms with E-state index in [2.05, 4.69) is 65.7 Å². The van der Waals surface area contributed by atoms with Crippen molar-refractivity contribution < 1.29 is 32.6 Å². The minimum absolute atomic E-state index is 0.146. The Balaban J connectivity index is 1.33. The van der Waals surface area contributed by atoms with Crippen molar-refractivity contribution >= 4 is 29.3 Å².